The number of benzene rings is 2. The molecule has 0 unspecified atom stereocenters. The molecule has 26 heavy (non-hydrogen) atoms. The van der Waals surface area contributed by atoms with E-state index in [0.717, 1.165) is 5.56 Å². The lowest BCUT2D eigenvalue weighted by Crippen LogP contribution is -2.28. The highest BCUT2D eigenvalue weighted by molar-refractivity contribution is 7.99. The van der Waals surface area contributed by atoms with Gasteiger partial charge in [0.2, 0.25) is 15.2 Å². The quantitative estimate of drug-likeness (QED) is 0.459. The molecule has 1 aromatic heterocycles. The molecule has 0 saturated heterocycles. The summed E-state index contributed by atoms with van der Waals surface area (Å²) >= 11 is 7.15. The summed E-state index contributed by atoms with van der Waals surface area (Å²) in [6.45, 7) is 0.159. The Hall–Kier alpha value is -2.07. The molecule has 1 atom stereocenters. The number of halogens is 1. The van der Waals surface area contributed by atoms with Crippen LogP contribution in [0.4, 0.5) is 0 Å². The fourth-order valence-electron chi connectivity index (χ4n) is 2.22. The summed E-state index contributed by atoms with van der Waals surface area (Å²) in [6, 6.07) is 15.5. The fraction of sp³-hybridized carbons (Fsp3) is 0.125. The van der Waals surface area contributed by atoms with E-state index in [1.165, 1.54) is 47.0 Å². The van der Waals surface area contributed by atoms with Crippen LogP contribution in [-0.4, -0.2) is 29.8 Å². The lowest BCUT2D eigenvalue weighted by Gasteiger charge is -2.17. The van der Waals surface area contributed by atoms with Gasteiger partial charge in [0.15, 0.2) is 0 Å². The van der Waals surface area contributed by atoms with Gasteiger partial charge in [-0.1, -0.05) is 53.7 Å². The Labute approximate surface area is 160 Å². The van der Waals surface area contributed by atoms with E-state index in [4.69, 9.17) is 17.4 Å². The molecule has 0 aliphatic carbocycles. The second-order valence-electron chi connectivity index (χ2n) is 5.34. The van der Waals surface area contributed by atoms with Gasteiger partial charge >= 0.3 is 0 Å². The number of hydrogen-bond donors (Lipinski definition) is 2. The summed E-state index contributed by atoms with van der Waals surface area (Å²) in [4.78, 5) is 0.153. The maximum atomic E-state index is 12.5. The lowest BCUT2D eigenvalue weighted by atomic mass is 10.1. The number of thioether (sulfide) groups is 1. The van der Waals surface area contributed by atoms with Crippen LogP contribution < -0.4 is 10.6 Å². The molecule has 3 aromatic rings. The van der Waals surface area contributed by atoms with Crippen molar-refractivity contribution in [3.8, 4) is 0 Å². The molecule has 0 aliphatic rings. The highest BCUT2D eigenvalue weighted by Crippen LogP contribution is 2.33. The summed E-state index contributed by atoms with van der Waals surface area (Å²) in [6.07, 6.45) is 1.39. The average Bonchev–Trinajstić information content (AvgIpc) is 3.04. The zero-order chi connectivity index (χ0) is 18.6. The molecule has 1 heterocycles. The van der Waals surface area contributed by atoms with Crippen LogP contribution in [0.25, 0.3) is 0 Å². The molecule has 136 valence electrons. The van der Waals surface area contributed by atoms with Crippen molar-refractivity contribution in [3.05, 3.63) is 71.5 Å². The Morgan fingerprint density at radius 3 is 2.46 bits per heavy atom. The van der Waals surface area contributed by atoms with Crippen LogP contribution in [0.1, 0.15) is 10.8 Å². The first-order valence-corrected chi connectivity index (χ1v) is 10.3. The van der Waals surface area contributed by atoms with Crippen LogP contribution >= 0.6 is 23.4 Å². The SMILES string of the molecule is Nn1cnnc1S[C@H](CNS(=O)(=O)c1ccc(Cl)cc1)c1ccccc1. The maximum absolute atomic E-state index is 12.5. The molecule has 10 heteroatoms. The zero-order valence-electron chi connectivity index (χ0n) is 13.5. The molecule has 2 aromatic carbocycles. The van der Waals surface area contributed by atoms with E-state index in [0.29, 0.717) is 10.2 Å². The maximum Gasteiger partial charge on any atom is 0.240 e. The van der Waals surface area contributed by atoms with Crippen LogP contribution in [0.3, 0.4) is 0 Å². The normalized spacial score (nSPS) is 12.8. The van der Waals surface area contributed by atoms with Crippen molar-refractivity contribution in [3.63, 3.8) is 0 Å². The van der Waals surface area contributed by atoms with Gasteiger partial charge in [-0.2, -0.15) is 0 Å². The van der Waals surface area contributed by atoms with Crippen LogP contribution in [0.5, 0.6) is 0 Å². The van der Waals surface area contributed by atoms with Crippen molar-refractivity contribution in [1.82, 2.24) is 19.6 Å². The first-order valence-electron chi connectivity index (χ1n) is 7.57. The zero-order valence-corrected chi connectivity index (χ0v) is 15.9. The minimum absolute atomic E-state index is 0.153. The first-order chi connectivity index (χ1) is 12.5. The number of rotatable bonds is 7. The Morgan fingerprint density at radius 1 is 1.15 bits per heavy atom. The number of sulfonamides is 1. The van der Waals surface area contributed by atoms with Gasteiger partial charge in [0.1, 0.15) is 6.33 Å². The van der Waals surface area contributed by atoms with Crippen LogP contribution in [0, 0.1) is 0 Å². The Kier molecular flexibility index (Phi) is 5.82. The predicted molar refractivity (Wildman–Crippen MR) is 102 cm³/mol. The Morgan fingerprint density at radius 2 is 1.85 bits per heavy atom. The molecule has 0 radical (unpaired) electrons. The minimum atomic E-state index is -3.67. The third kappa shape index (κ3) is 4.55. The van der Waals surface area contributed by atoms with Crippen LogP contribution in [-0.2, 0) is 10.0 Å². The third-order valence-electron chi connectivity index (χ3n) is 3.54. The molecule has 0 aliphatic heterocycles. The second-order valence-corrected chi connectivity index (χ2v) is 8.72. The largest absolute Gasteiger partial charge is 0.336 e. The Bertz CT molecular complexity index is 962. The van der Waals surface area contributed by atoms with Crippen molar-refractivity contribution in [2.24, 2.45) is 0 Å². The number of nitrogens with one attached hydrogen (secondary N) is 1. The van der Waals surface area contributed by atoms with Gasteiger partial charge in [-0.05, 0) is 29.8 Å². The van der Waals surface area contributed by atoms with E-state index in [2.05, 4.69) is 14.9 Å². The van der Waals surface area contributed by atoms with Crippen molar-refractivity contribution in [2.45, 2.75) is 15.3 Å². The number of nitrogens with zero attached hydrogens (tertiary/aromatic N) is 3. The first kappa shape index (κ1) is 18.7. The number of nitrogen functional groups attached to an aromatic ring is 1. The van der Waals surface area contributed by atoms with Crippen LogP contribution in [0.15, 0.2) is 71.0 Å². The molecule has 0 amide bonds. The van der Waals surface area contributed by atoms with Gasteiger partial charge in [-0.25, -0.2) is 17.8 Å². The molecule has 0 saturated carbocycles. The van der Waals surface area contributed by atoms with E-state index in [1.54, 1.807) is 0 Å². The highest BCUT2D eigenvalue weighted by atomic mass is 35.5. The topological polar surface area (TPSA) is 103 Å². The van der Waals surface area contributed by atoms with Crippen LogP contribution in [0.2, 0.25) is 5.02 Å². The predicted octanol–water partition coefficient (Wildman–Crippen LogP) is 2.46. The van der Waals surface area contributed by atoms with E-state index in [1.807, 2.05) is 30.3 Å². The molecule has 0 spiro atoms. The second kappa shape index (κ2) is 8.09. The van der Waals surface area contributed by atoms with Crippen molar-refractivity contribution >= 4 is 33.4 Å². The summed E-state index contributed by atoms with van der Waals surface area (Å²) < 4.78 is 29.0. The smallest absolute Gasteiger partial charge is 0.240 e. The van der Waals surface area contributed by atoms with Gasteiger partial charge in [-0.15, -0.1) is 10.2 Å². The molecule has 0 fully saturated rings. The van der Waals surface area contributed by atoms with Crippen molar-refractivity contribution in [2.75, 3.05) is 12.4 Å². The van der Waals surface area contributed by atoms with Gasteiger partial charge in [-0.3, -0.25) is 0 Å². The third-order valence-corrected chi connectivity index (χ3v) is 6.46. The summed E-state index contributed by atoms with van der Waals surface area (Å²) in [5, 5.41) is 8.44. The molecule has 7 nitrogen and oxygen atoms in total. The van der Waals surface area contributed by atoms with Gasteiger partial charge < -0.3 is 5.84 Å². The van der Waals surface area contributed by atoms with E-state index in [9.17, 15) is 8.42 Å². The molecule has 3 N–H and O–H groups in total. The molecule has 0 bridgehead atoms. The van der Waals surface area contributed by atoms with E-state index >= 15 is 0 Å². The van der Waals surface area contributed by atoms with E-state index in [-0.39, 0.29) is 16.7 Å². The summed E-state index contributed by atoms with van der Waals surface area (Å²) in [5.74, 6) is 5.77. The number of hydrogen-bond acceptors (Lipinski definition) is 6. The molecular weight excluding hydrogens is 394 g/mol. The summed E-state index contributed by atoms with van der Waals surface area (Å²) in [5.41, 5.74) is 0.944. The Balaban J connectivity index is 1.79. The molecule has 3 rings (SSSR count). The lowest BCUT2D eigenvalue weighted by molar-refractivity contribution is 0.581. The average molecular weight is 410 g/mol. The number of aromatic nitrogens is 3. The standard InChI is InChI=1S/C16H16ClN5O2S2/c17-13-6-8-14(9-7-13)26(23,24)20-10-15(12-4-2-1-3-5-12)25-16-21-19-11-22(16)18/h1-9,11,15,20H,10,18H2/t15-/m1/s1. The van der Waals surface area contributed by atoms with Gasteiger partial charge in [0.25, 0.3) is 0 Å². The van der Waals surface area contributed by atoms with Gasteiger partial charge in [0, 0.05) is 11.6 Å². The number of nitrogens with two attached hydrogens (primary N) is 1. The van der Waals surface area contributed by atoms with Crippen molar-refractivity contribution in [1.29, 1.82) is 0 Å². The summed E-state index contributed by atoms with van der Waals surface area (Å²) in [7, 11) is -3.67. The highest BCUT2D eigenvalue weighted by Gasteiger charge is 2.21. The minimum Gasteiger partial charge on any atom is -0.336 e. The van der Waals surface area contributed by atoms with E-state index < -0.39 is 10.0 Å². The monoisotopic (exact) mass is 409 g/mol. The molecular formula is C16H16ClN5O2S2. The fourth-order valence-corrected chi connectivity index (χ4v) is 4.48. The van der Waals surface area contributed by atoms with Crippen molar-refractivity contribution < 1.29 is 8.42 Å². The van der Waals surface area contributed by atoms with Gasteiger partial charge in [0.05, 0.1) is 10.1 Å².